The SMILES string of the molecule is CCNC(=NCCN(CC)C(C)C)N(C)CCC1CCOCC1.I. The number of rotatable bonds is 9. The number of guanidine groups is 1. The van der Waals surface area contributed by atoms with Crippen molar-refractivity contribution in [3.63, 3.8) is 0 Å². The van der Waals surface area contributed by atoms with Crippen LogP contribution < -0.4 is 5.32 Å². The van der Waals surface area contributed by atoms with Crippen LogP contribution in [0.1, 0.15) is 47.0 Å². The van der Waals surface area contributed by atoms with Crippen LogP contribution in [0, 0.1) is 5.92 Å². The van der Waals surface area contributed by atoms with Crippen molar-refractivity contribution in [1.29, 1.82) is 0 Å². The van der Waals surface area contributed by atoms with Gasteiger partial charge in [-0.05, 0) is 52.5 Å². The molecular formula is C18H39IN4O. The van der Waals surface area contributed by atoms with Gasteiger partial charge in [0.05, 0.1) is 6.54 Å². The fourth-order valence-electron chi connectivity index (χ4n) is 3.05. The molecule has 1 aliphatic rings. The second kappa shape index (κ2) is 14.1. The van der Waals surface area contributed by atoms with Crippen LogP contribution in [0.5, 0.6) is 0 Å². The molecule has 24 heavy (non-hydrogen) atoms. The van der Waals surface area contributed by atoms with Crippen molar-refractivity contribution in [2.75, 3.05) is 53.0 Å². The van der Waals surface area contributed by atoms with E-state index in [1.54, 1.807) is 0 Å². The van der Waals surface area contributed by atoms with Crippen LogP contribution in [-0.2, 0) is 4.74 Å². The van der Waals surface area contributed by atoms with Gasteiger partial charge in [-0.3, -0.25) is 9.89 Å². The summed E-state index contributed by atoms with van der Waals surface area (Å²) in [6.07, 6.45) is 3.65. The van der Waals surface area contributed by atoms with Gasteiger partial charge in [-0.2, -0.15) is 0 Å². The Morgan fingerprint density at radius 1 is 1.21 bits per heavy atom. The number of nitrogens with one attached hydrogen (secondary N) is 1. The average molecular weight is 454 g/mol. The average Bonchev–Trinajstić information content (AvgIpc) is 2.56. The normalized spacial score (nSPS) is 16.4. The monoisotopic (exact) mass is 454 g/mol. The van der Waals surface area contributed by atoms with Crippen LogP contribution in [0.4, 0.5) is 0 Å². The zero-order chi connectivity index (χ0) is 17.1. The quantitative estimate of drug-likeness (QED) is 0.330. The molecule has 0 aromatic carbocycles. The van der Waals surface area contributed by atoms with Gasteiger partial charge in [-0.15, -0.1) is 24.0 Å². The first-order valence-corrected chi connectivity index (χ1v) is 9.39. The maximum Gasteiger partial charge on any atom is 0.193 e. The van der Waals surface area contributed by atoms with E-state index in [-0.39, 0.29) is 24.0 Å². The van der Waals surface area contributed by atoms with Gasteiger partial charge in [0, 0.05) is 45.9 Å². The van der Waals surface area contributed by atoms with Gasteiger partial charge in [-0.1, -0.05) is 6.92 Å². The molecule has 1 N–H and O–H groups in total. The third-order valence-corrected chi connectivity index (χ3v) is 4.70. The van der Waals surface area contributed by atoms with Gasteiger partial charge in [0.15, 0.2) is 5.96 Å². The van der Waals surface area contributed by atoms with E-state index in [9.17, 15) is 0 Å². The summed E-state index contributed by atoms with van der Waals surface area (Å²) in [5, 5.41) is 3.42. The van der Waals surface area contributed by atoms with Crippen molar-refractivity contribution in [1.82, 2.24) is 15.1 Å². The molecule has 1 rings (SSSR count). The van der Waals surface area contributed by atoms with Crippen molar-refractivity contribution in [3.8, 4) is 0 Å². The first-order valence-electron chi connectivity index (χ1n) is 9.39. The van der Waals surface area contributed by atoms with E-state index < -0.39 is 0 Å². The van der Waals surface area contributed by atoms with E-state index in [0.717, 1.165) is 57.8 Å². The molecule has 6 heteroatoms. The lowest BCUT2D eigenvalue weighted by molar-refractivity contribution is 0.0625. The minimum absolute atomic E-state index is 0. The van der Waals surface area contributed by atoms with Crippen LogP contribution in [0.15, 0.2) is 4.99 Å². The minimum atomic E-state index is 0. The van der Waals surface area contributed by atoms with Crippen LogP contribution in [-0.4, -0.2) is 74.8 Å². The summed E-state index contributed by atoms with van der Waals surface area (Å²) in [5.41, 5.74) is 0. The summed E-state index contributed by atoms with van der Waals surface area (Å²) in [5.74, 6) is 1.85. The molecule has 0 aliphatic carbocycles. The number of hydrogen-bond donors (Lipinski definition) is 1. The molecule has 0 atom stereocenters. The van der Waals surface area contributed by atoms with E-state index in [4.69, 9.17) is 9.73 Å². The molecular weight excluding hydrogens is 415 g/mol. The van der Waals surface area contributed by atoms with Gasteiger partial charge >= 0.3 is 0 Å². The maximum atomic E-state index is 5.44. The van der Waals surface area contributed by atoms with Crippen molar-refractivity contribution in [2.24, 2.45) is 10.9 Å². The largest absolute Gasteiger partial charge is 0.381 e. The highest BCUT2D eigenvalue weighted by molar-refractivity contribution is 14.0. The molecule has 0 saturated carbocycles. The smallest absolute Gasteiger partial charge is 0.193 e. The molecule has 1 saturated heterocycles. The highest BCUT2D eigenvalue weighted by atomic mass is 127. The van der Waals surface area contributed by atoms with Crippen molar-refractivity contribution >= 4 is 29.9 Å². The lowest BCUT2D eigenvalue weighted by Gasteiger charge is -2.27. The molecule has 144 valence electrons. The van der Waals surface area contributed by atoms with Crippen molar-refractivity contribution in [3.05, 3.63) is 0 Å². The summed E-state index contributed by atoms with van der Waals surface area (Å²) in [4.78, 5) is 9.55. The third kappa shape index (κ3) is 9.42. The third-order valence-electron chi connectivity index (χ3n) is 4.70. The Labute approximate surface area is 166 Å². The van der Waals surface area contributed by atoms with E-state index in [0.29, 0.717) is 6.04 Å². The summed E-state index contributed by atoms with van der Waals surface area (Å²) in [6.45, 7) is 15.7. The summed E-state index contributed by atoms with van der Waals surface area (Å²) < 4.78 is 5.44. The molecule has 0 radical (unpaired) electrons. The zero-order valence-electron chi connectivity index (χ0n) is 16.4. The number of ether oxygens (including phenoxy) is 1. The van der Waals surface area contributed by atoms with Gasteiger partial charge in [-0.25, -0.2) is 0 Å². The van der Waals surface area contributed by atoms with E-state index in [1.807, 2.05) is 0 Å². The second-order valence-electron chi connectivity index (χ2n) is 6.72. The number of aliphatic imine (C=N–C) groups is 1. The molecule has 0 bridgehead atoms. The molecule has 0 aromatic heterocycles. The first-order chi connectivity index (χ1) is 11.1. The first kappa shape index (κ1) is 23.9. The predicted octanol–water partition coefficient (Wildman–Crippen LogP) is 3.05. The summed E-state index contributed by atoms with van der Waals surface area (Å²) in [6, 6.07) is 0.587. The lowest BCUT2D eigenvalue weighted by atomic mass is 9.96. The number of halogens is 1. The maximum absolute atomic E-state index is 5.44. The number of nitrogens with zero attached hydrogens (tertiary/aromatic N) is 3. The lowest BCUT2D eigenvalue weighted by Crippen LogP contribution is -2.41. The highest BCUT2D eigenvalue weighted by Crippen LogP contribution is 2.18. The van der Waals surface area contributed by atoms with E-state index in [2.05, 4.69) is 49.9 Å². The second-order valence-corrected chi connectivity index (χ2v) is 6.72. The van der Waals surface area contributed by atoms with Crippen molar-refractivity contribution < 1.29 is 4.74 Å². The predicted molar refractivity (Wildman–Crippen MR) is 115 cm³/mol. The number of hydrogen-bond acceptors (Lipinski definition) is 3. The highest BCUT2D eigenvalue weighted by Gasteiger charge is 2.15. The molecule has 0 amide bonds. The van der Waals surface area contributed by atoms with E-state index in [1.165, 1.54) is 19.3 Å². The molecule has 1 fully saturated rings. The van der Waals surface area contributed by atoms with Gasteiger partial charge in [0.1, 0.15) is 0 Å². The summed E-state index contributed by atoms with van der Waals surface area (Å²) in [7, 11) is 2.15. The van der Waals surface area contributed by atoms with Crippen molar-refractivity contribution in [2.45, 2.75) is 53.0 Å². The van der Waals surface area contributed by atoms with Crippen LogP contribution in [0.2, 0.25) is 0 Å². The van der Waals surface area contributed by atoms with E-state index >= 15 is 0 Å². The molecule has 0 aromatic rings. The van der Waals surface area contributed by atoms with Gasteiger partial charge in [0.25, 0.3) is 0 Å². The Balaban J connectivity index is 0.00000529. The van der Waals surface area contributed by atoms with Crippen LogP contribution in [0.3, 0.4) is 0 Å². The Hall–Kier alpha value is -0.0800. The molecule has 5 nitrogen and oxygen atoms in total. The Bertz CT molecular complexity index is 333. The Kier molecular flexibility index (Phi) is 14.1. The fraction of sp³-hybridized carbons (Fsp3) is 0.944. The number of likely N-dealkylation sites (N-methyl/N-ethyl adjacent to an activating group) is 1. The Morgan fingerprint density at radius 2 is 1.88 bits per heavy atom. The van der Waals surface area contributed by atoms with Crippen LogP contribution >= 0.6 is 24.0 Å². The van der Waals surface area contributed by atoms with Gasteiger partial charge in [0.2, 0.25) is 0 Å². The fourth-order valence-corrected chi connectivity index (χ4v) is 3.05. The molecule has 0 spiro atoms. The Morgan fingerprint density at radius 3 is 2.42 bits per heavy atom. The molecule has 0 unspecified atom stereocenters. The molecule has 1 heterocycles. The summed E-state index contributed by atoms with van der Waals surface area (Å²) >= 11 is 0. The molecule has 1 aliphatic heterocycles. The minimum Gasteiger partial charge on any atom is -0.381 e. The van der Waals surface area contributed by atoms with Gasteiger partial charge < -0.3 is 15.0 Å². The standard InChI is InChI=1S/C18H38N4O.HI/c1-6-19-18(20-11-13-22(7-2)16(3)4)21(5)12-8-17-9-14-23-15-10-17;/h16-17H,6-15H2,1-5H3,(H,19,20);1H. The van der Waals surface area contributed by atoms with Crippen LogP contribution in [0.25, 0.3) is 0 Å². The zero-order valence-corrected chi connectivity index (χ0v) is 18.7. The topological polar surface area (TPSA) is 40.1 Å².